The zero-order chi connectivity index (χ0) is 14.5. The number of para-hydroxylation sites is 2. The summed E-state index contributed by atoms with van der Waals surface area (Å²) in [5, 5.41) is 9.12. The van der Waals surface area contributed by atoms with E-state index in [1.807, 2.05) is 6.07 Å². The van der Waals surface area contributed by atoms with E-state index in [1.165, 1.54) is 25.1 Å². The first-order chi connectivity index (χ1) is 9.58. The van der Waals surface area contributed by atoms with Crippen LogP contribution in [-0.4, -0.2) is 17.0 Å². The zero-order valence-electron chi connectivity index (χ0n) is 10.7. The number of esters is 1. The number of carbonyl (C=O) groups is 2. The van der Waals surface area contributed by atoms with Crippen LogP contribution in [0, 0.1) is 0 Å². The third-order valence-corrected chi connectivity index (χ3v) is 2.43. The minimum absolute atomic E-state index is 0.101. The van der Waals surface area contributed by atoms with Gasteiger partial charge in [0.25, 0.3) is 0 Å². The smallest absolute Gasteiger partial charge is 0.339 e. The molecular formula is C15H12O5. The molecule has 102 valence electrons. The Kier molecular flexibility index (Phi) is 4.00. The fourth-order valence-corrected chi connectivity index (χ4v) is 1.63. The van der Waals surface area contributed by atoms with E-state index < -0.39 is 11.9 Å². The molecule has 0 atom stereocenters. The van der Waals surface area contributed by atoms with Crippen LogP contribution in [0.1, 0.15) is 17.3 Å². The van der Waals surface area contributed by atoms with Gasteiger partial charge in [-0.15, -0.1) is 0 Å². The monoisotopic (exact) mass is 272 g/mol. The maximum absolute atomic E-state index is 11.2. The highest BCUT2D eigenvalue weighted by molar-refractivity contribution is 5.93. The van der Waals surface area contributed by atoms with Gasteiger partial charge in [0, 0.05) is 6.92 Å². The first-order valence-electron chi connectivity index (χ1n) is 5.85. The number of hydrogen-bond acceptors (Lipinski definition) is 4. The van der Waals surface area contributed by atoms with Crippen molar-refractivity contribution in [2.75, 3.05) is 0 Å². The number of aromatic carboxylic acids is 1. The first-order valence-corrected chi connectivity index (χ1v) is 5.85. The van der Waals surface area contributed by atoms with Crippen molar-refractivity contribution < 1.29 is 24.2 Å². The molecule has 5 heteroatoms. The van der Waals surface area contributed by atoms with Crippen molar-refractivity contribution in [3.8, 4) is 17.2 Å². The molecule has 0 amide bonds. The molecule has 2 aromatic carbocycles. The van der Waals surface area contributed by atoms with Crippen LogP contribution in [0.3, 0.4) is 0 Å². The Morgan fingerprint density at radius 3 is 2.30 bits per heavy atom. The van der Waals surface area contributed by atoms with E-state index in [2.05, 4.69) is 0 Å². The molecule has 0 fully saturated rings. The first kappa shape index (κ1) is 13.6. The summed E-state index contributed by atoms with van der Waals surface area (Å²) in [4.78, 5) is 22.3. The summed E-state index contributed by atoms with van der Waals surface area (Å²) in [6.45, 7) is 1.20. The van der Waals surface area contributed by atoms with Gasteiger partial charge in [-0.3, -0.25) is 4.79 Å². The average Bonchev–Trinajstić information content (AvgIpc) is 2.41. The minimum atomic E-state index is -1.19. The summed E-state index contributed by atoms with van der Waals surface area (Å²) in [7, 11) is 0. The molecule has 5 nitrogen and oxygen atoms in total. The van der Waals surface area contributed by atoms with Gasteiger partial charge in [0.05, 0.1) is 0 Å². The van der Waals surface area contributed by atoms with Gasteiger partial charge in [-0.2, -0.15) is 0 Å². The molecule has 0 spiro atoms. The molecule has 2 rings (SSSR count). The highest BCUT2D eigenvalue weighted by Gasteiger charge is 2.18. The van der Waals surface area contributed by atoms with Gasteiger partial charge in [0.1, 0.15) is 11.3 Å². The van der Waals surface area contributed by atoms with Crippen molar-refractivity contribution in [3.63, 3.8) is 0 Å². The molecule has 0 heterocycles. The van der Waals surface area contributed by atoms with Gasteiger partial charge in [-0.05, 0) is 24.3 Å². The van der Waals surface area contributed by atoms with E-state index in [1.54, 1.807) is 24.3 Å². The lowest BCUT2D eigenvalue weighted by atomic mass is 10.2. The standard InChI is InChI=1S/C15H12O5/c1-10(16)19-14-12(15(17)18)8-5-9-13(14)20-11-6-3-2-4-7-11/h2-9H,1H3,(H,17,18). The quantitative estimate of drug-likeness (QED) is 0.684. The van der Waals surface area contributed by atoms with Crippen LogP contribution < -0.4 is 9.47 Å². The van der Waals surface area contributed by atoms with E-state index >= 15 is 0 Å². The second kappa shape index (κ2) is 5.88. The number of benzene rings is 2. The number of carbonyl (C=O) groups excluding carboxylic acids is 1. The molecule has 0 bridgehead atoms. The molecule has 0 unspecified atom stereocenters. The summed E-state index contributed by atoms with van der Waals surface area (Å²) in [6.07, 6.45) is 0. The molecular weight excluding hydrogens is 260 g/mol. The van der Waals surface area contributed by atoms with Gasteiger partial charge >= 0.3 is 11.9 Å². The fraction of sp³-hybridized carbons (Fsp3) is 0.0667. The summed E-state index contributed by atoms with van der Waals surface area (Å²) in [6, 6.07) is 13.2. The Morgan fingerprint density at radius 2 is 1.70 bits per heavy atom. The van der Waals surface area contributed by atoms with Crippen molar-refractivity contribution in [1.29, 1.82) is 0 Å². The maximum atomic E-state index is 11.2. The second-order valence-electron chi connectivity index (χ2n) is 3.95. The number of ether oxygens (including phenoxy) is 2. The van der Waals surface area contributed by atoms with Gasteiger partial charge in [0.15, 0.2) is 11.5 Å². The number of hydrogen-bond donors (Lipinski definition) is 1. The Morgan fingerprint density at radius 1 is 1.00 bits per heavy atom. The highest BCUT2D eigenvalue weighted by atomic mass is 16.6. The van der Waals surface area contributed by atoms with Crippen LogP contribution >= 0.6 is 0 Å². The molecule has 1 N–H and O–H groups in total. The van der Waals surface area contributed by atoms with Gasteiger partial charge in [-0.25, -0.2) is 4.79 Å². The van der Waals surface area contributed by atoms with Crippen molar-refractivity contribution in [2.45, 2.75) is 6.92 Å². The van der Waals surface area contributed by atoms with Crippen LogP contribution in [0.2, 0.25) is 0 Å². The predicted molar refractivity (Wildman–Crippen MR) is 71.2 cm³/mol. The zero-order valence-corrected chi connectivity index (χ0v) is 10.7. The minimum Gasteiger partial charge on any atom is -0.478 e. The number of carboxylic acid groups (broad SMARTS) is 1. The molecule has 0 saturated carbocycles. The van der Waals surface area contributed by atoms with Crippen LogP contribution in [-0.2, 0) is 4.79 Å². The summed E-state index contributed by atoms with van der Waals surface area (Å²) in [5.41, 5.74) is -0.131. The largest absolute Gasteiger partial charge is 0.478 e. The highest BCUT2D eigenvalue weighted by Crippen LogP contribution is 2.34. The molecule has 2 aromatic rings. The maximum Gasteiger partial charge on any atom is 0.339 e. The molecule has 0 aliphatic rings. The molecule has 0 aliphatic heterocycles. The van der Waals surface area contributed by atoms with Crippen molar-refractivity contribution in [2.24, 2.45) is 0 Å². The Labute approximate surface area is 115 Å². The number of carboxylic acids is 1. The lowest BCUT2D eigenvalue weighted by Gasteiger charge is -2.12. The van der Waals surface area contributed by atoms with Gasteiger partial charge in [0.2, 0.25) is 0 Å². The van der Waals surface area contributed by atoms with E-state index in [9.17, 15) is 9.59 Å². The topological polar surface area (TPSA) is 72.8 Å². The number of rotatable bonds is 4. The lowest BCUT2D eigenvalue weighted by molar-refractivity contribution is -0.132. The third kappa shape index (κ3) is 3.14. The predicted octanol–water partition coefficient (Wildman–Crippen LogP) is 3.10. The van der Waals surface area contributed by atoms with Gasteiger partial charge in [-0.1, -0.05) is 24.3 Å². The fourth-order valence-electron chi connectivity index (χ4n) is 1.63. The molecule has 20 heavy (non-hydrogen) atoms. The van der Waals surface area contributed by atoms with Gasteiger partial charge < -0.3 is 14.6 Å². The van der Waals surface area contributed by atoms with Crippen LogP contribution in [0.5, 0.6) is 17.2 Å². The Bertz CT molecular complexity index is 634. The molecule has 0 radical (unpaired) electrons. The third-order valence-electron chi connectivity index (χ3n) is 2.43. The van der Waals surface area contributed by atoms with Crippen molar-refractivity contribution in [3.05, 3.63) is 54.1 Å². The summed E-state index contributed by atoms with van der Waals surface area (Å²) in [5.74, 6) is -1.22. The van der Waals surface area contributed by atoms with E-state index in [0.29, 0.717) is 5.75 Å². The van der Waals surface area contributed by atoms with Crippen molar-refractivity contribution in [1.82, 2.24) is 0 Å². The van der Waals surface area contributed by atoms with Crippen LogP contribution in [0.15, 0.2) is 48.5 Å². The molecule has 0 saturated heterocycles. The van der Waals surface area contributed by atoms with Crippen molar-refractivity contribution >= 4 is 11.9 Å². The normalized spacial score (nSPS) is 9.85. The van der Waals surface area contributed by atoms with E-state index in [-0.39, 0.29) is 17.1 Å². The summed E-state index contributed by atoms with van der Waals surface area (Å²) < 4.78 is 10.5. The van der Waals surface area contributed by atoms with E-state index in [4.69, 9.17) is 14.6 Å². The average molecular weight is 272 g/mol. The molecule has 0 aliphatic carbocycles. The second-order valence-corrected chi connectivity index (χ2v) is 3.95. The van der Waals surface area contributed by atoms with E-state index in [0.717, 1.165) is 0 Å². The Hall–Kier alpha value is -2.82. The summed E-state index contributed by atoms with van der Waals surface area (Å²) >= 11 is 0. The lowest BCUT2D eigenvalue weighted by Crippen LogP contribution is -2.08. The van der Waals surface area contributed by atoms with Crippen LogP contribution in [0.4, 0.5) is 0 Å². The van der Waals surface area contributed by atoms with Crippen LogP contribution in [0.25, 0.3) is 0 Å². The SMILES string of the molecule is CC(=O)Oc1c(Oc2ccccc2)cccc1C(=O)O. The molecule has 0 aromatic heterocycles. The Balaban J connectivity index is 2.43.